The fraction of sp³-hybridized carbons (Fsp3) is 0.429. The molecule has 0 aliphatic carbocycles. The second-order valence-corrected chi connectivity index (χ2v) is 5.71. The zero-order chi connectivity index (χ0) is 14.0. The van der Waals surface area contributed by atoms with Gasteiger partial charge in [0.05, 0.1) is 6.54 Å². The Balaban J connectivity index is 2.00. The first-order chi connectivity index (χ1) is 8.88. The molecule has 2 amide bonds. The lowest BCUT2D eigenvalue weighted by Crippen LogP contribution is -2.64. The lowest BCUT2D eigenvalue weighted by Gasteiger charge is -2.37. The van der Waals surface area contributed by atoms with Gasteiger partial charge in [-0.05, 0) is 38.0 Å². The number of nitrogens with one attached hydrogen (secondary N) is 1. The Morgan fingerprint density at radius 2 is 1.89 bits per heavy atom. The van der Waals surface area contributed by atoms with E-state index in [2.05, 4.69) is 5.32 Å². The summed E-state index contributed by atoms with van der Waals surface area (Å²) in [4.78, 5) is 25.3. The number of amides is 2. The molecule has 0 radical (unpaired) electrons. The lowest BCUT2D eigenvalue weighted by molar-refractivity contribution is -0.148. The summed E-state index contributed by atoms with van der Waals surface area (Å²) in [6, 6.07) is 7.51. The first-order valence-corrected chi connectivity index (χ1v) is 6.61. The van der Waals surface area contributed by atoms with Crippen molar-refractivity contribution in [3.8, 4) is 0 Å². The van der Waals surface area contributed by atoms with Gasteiger partial charge in [-0.2, -0.15) is 0 Å². The van der Waals surface area contributed by atoms with Crippen molar-refractivity contribution in [1.82, 2.24) is 10.2 Å². The number of halogens is 1. The van der Waals surface area contributed by atoms with Gasteiger partial charge in [0.25, 0.3) is 0 Å². The van der Waals surface area contributed by atoms with Crippen LogP contribution in [0.3, 0.4) is 0 Å². The van der Waals surface area contributed by atoms with Gasteiger partial charge >= 0.3 is 0 Å². The van der Waals surface area contributed by atoms with Gasteiger partial charge in [0.15, 0.2) is 0 Å². The van der Waals surface area contributed by atoms with E-state index in [1.165, 1.54) is 0 Å². The highest BCUT2D eigenvalue weighted by molar-refractivity contribution is 6.30. The first-order valence-electron chi connectivity index (χ1n) is 6.23. The van der Waals surface area contributed by atoms with Crippen molar-refractivity contribution < 1.29 is 9.59 Å². The Morgan fingerprint density at radius 3 is 2.53 bits per heavy atom. The van der Waals surface area contributed by atoms with Gasteiger partial charge in [0.2, 0.25) is 11.8 Å². The molecule has 0 bridgehead atoms. The second-order valence-electron chi connectivity index (χ2n) is 5.28. The van der Waals surface area contributed by atoms with Crippen LogP contribution in [0.2, 0.25) is 5.02 Å². The molecule has 0 atom stereocenters. The number of hydrogen-bond donors (Lipinski definition) is 1. The van der Waals surface area contributed by atoms with Gasteiger partial charge in [-0.3, -0.25) is 9.59 Å². The monoisotopic (exact) mass is 280 g/mol. The molecule has 19 heavy (non-hydrogen) atoms. The molecule has 102 valence electrons. The SMILES string of the molecule is CC1(C)NC(=O)CN(CCc2ccc(Cl)cc2)C1=O. The predicted molar refractivity (Wildman–Crippen MR) is 74.0 cm³/mol. The van der Waals surface area contributed by atoms with Crippen molar-refractivity contribution in [3.63, 3.8) is 0 Å². The van der Waals surface area contributed by atoms with Crippen LogP contribution in [0.5, 0.6) is 0 Å². The number of benzene rings is 1. The summed E-state index contributed by atoms with van der Waals surface area (Å²) in [5.41, 5.74) is 0.288. The van der Waals surface area contributed by atoms with E-state index in [-0.39, 0.29) is 18.4 Å². The van der Waals surface area contributed by atoms with Gasteiger partial charge in [-0.1, -0.05) is 23.7 Å². The molecule has 0 spiro atoms. The van der Waals surface area contributed by atoms with Gasteiger partial charge in [-0.25, -0.2) is 0 Å². The molecule has 1 aromatic carbocycles. The summed E-state index contributed by atoms with van der Waals surface area (Å²) in [6.07, 6.45) is 0.715. The Labute approximate surface area is 117 Å². The number of hydrogen-bond acceptors (Lipinski definition) is 2. The van der Waals surface area contributed by atoms with E-state index in [1.54, 1.807) is 18.7 Å². The van der Waals surface area contributed by atoms with Crippen LogP contribution in [-0.2, 0) is 16.0 Å². The summed E-state index contributed by atoms with van der Waals surface area (Å²) in [5.74, 6) is -0.151. The van der Waals surface area contributed by atoms with E-state index in [4.69, 9.17) is 11.6 Å². The molecule has 1 aliphatic rings. The fourth-order valence-corrected chi connectivity index (χ4v) is 2.30. The van der Waals surface area contributed by atoms with Crippen LogP contribution in [-0.4, -0.2) is 35.3 Å². The Morgan fingerprint density at radius 1 is 1.26 bits per heavy atom. The van der Waals surface area contributed by atoms with Crippen LogP contribution in [0.4, 0.5) is 0 Å². The van der Waals surface area contributed by atoms with Gasteiger partial charge in [0.1, 0.15) is 5.54 Å². The summed E-state index contributed by atoms with van der Waals surface area (Å²) in [5, 5.41) is 3.39. The average Bonchev–Trinajstić information content (AvgIpc) is 2.33. The third-order valence-corrected chi connectivity index (χ3v) is 3.44. The van der Waals surface area contributed by atoms with Crippen LogP contribution < -0.4 is 5.32 Å². The van der Waals surface area contributed by atoms with Crippen LogP contribution >= 0.6 is 11.6 Å². The molecule has 1 N–H and O–H groups in total. The molecular formula is C14H17ClN2O2. The molecule has 4 nitrogen and oxygen atoms in total. The van der Waals surface area contributed by atoms with E-state index in [1.807, 2.05) is 24.3 Å². The average molecular weight is 281 g/mol. The fourth-order valence-electron chi connectivity index (χ4n) is 2.18. The number of rotatable bonds is 3. The molecule has 1 fully saturated rings. The van der Waals surface area contributed by atoms with E-state index in [0.717, 1.165) is 5.56 Å². The summed E-state index contributed by atoms with van der Waals surface area (Å²) in [7, 11) is 0. The molecule has 1 saturated heterocycles. The minimum Gasteiger partial charge on any atom is -0.341 e. The predicted octanol–water partition coefficient (Wildman–Crippen LogP) is 1.62. The first kappa shape index (κ1) is 13.9. The molecule has 1 heterocycles. The normalized spacial score (nSPS) is 18.4. The second kappa shape index (κ2) is 5.21. The minimum atomic E-state index is -0.810. The van der Waals surface area contributed by atoms with E-state index >= 15 is 0 Å². The van der Waals surface area contributed by atoms with Crippen molar-refractivity contribution in [2.75, 3.05) is 13.1 Å². The van der Waals surface area contributed by atoms with Crippen LogP contribution in [0.15, 0.2) is 24.3 Å². The maximum Gasteiger partial charge on any atom is 0.248 e. The Kier molecular flexibility index (Phi) is 3.80. The topological polar surface area (TPSA) is 49.4 Å². The highest BCUT2D eigenvalue weighted by Crippen LogP contribution is 2.15. The maximum absolute atomic E-state index is 12.2. The number of carbonyl (C=O) groups is 2. The highest BCUT2D eigenvalue weighted by atomic mass is 35.5. The van der Waals surface area contributed by atoms with Crippen molar-refractivity contribution in [2.45, 2.75) is 25.8 Å². The van der Waals surface area contributed by atoms with Crippen molar-refractivity contribution in [3.05, 3.63) is 34.9 Å². The standard InChI is InChI=1S/C14H17ClN2O2/c1-14(2)13(19)17(9-12(18)16-14)8-7-10-3-5-11(15)6-4-10/h3-6H,7-9H2,1-2H3,(H,16,18). The van der Waals surface area contributed by atoms with Crippen molar-refractivity contribution in [2.24, 2.45) is 0 Å². The van der Waals surface area contributed by atoms with Crippen molar-refractivity contribution in [1.29, 1.82) is 0 Å². The molecule has 5 heteroatoms. The summed E-state index contributed by atoms with van der Waals surface area (Å²) in [6.45, 7) is 4.12. The molecular weight excluding hydrogens is 264 g/mol. The van der Waals surface area contributed by atoms with Gasteiger partial charge in [0, 0.05) is 11.6 Å². The van der Waals surface area contributed by atoms with E-state index in [0.29, 0.717) is 18.0 Å². The molecule has 1 aromatic rings. The molecule has 1 aliphatic heterocycles. The third-order valence-electron chi connectivity index (χ3n) is 3.19. The maximum atomic E-state index is 12.2. The van der Waals surface area contributed by atoms with Gasteiger partial charge in [-0.15, -0.1) is 0 Å². The Bertz CT molecular complexity index is 497. The quantitative estimate of drug-likeness (QED) is 0.915. The smallest absolute Gasteiger partial charge is 0.248 e. The van der Waals surface area contributed by atoms with E-state index < -0.39 is 5.54 Å². The molecule has 0 unspecified atom stereocenters. The zero-order valence-electron chi connectivity index (χ0n) is 11.1. The van der Waals surface area contributed by atoms with Crippen LogP contribution in [0.25, 0.3) is 0 Å². The van der Waals surface area contributed by atoms with Crippen LogP contribution in [0, 0.1) is 0 Å². The van der Waals surface area contributed by atoms with E-state index in [9.17, 15) is 9.59 Å². The molecule has 0 saturated carbocycles. The number of carbonyl (C=O) groups excluding carboxylic acids is 2. The third kappa shape index (κ3) is 3.26. The van der Waals surface area contributed by atoms with Crippen LogP contribution in [0.1, 0.15) is 19.4 Å². The lowest BCUT2D eigenvalue weighted by atomic mass is 10.00. The van der Waals surface area contributed by atoms with Crippen molar-refractivity contribution >= 4 is 23.4 Å². The Hall–Kier alpha value is -1.55. The molecule has 2 rings (SSSR count). The summed E-state index contributed by atoms with van der Waals surface area (Å²) < 4.78 is 0. The largest absolute Gasteiger partial charge is 0.341 e. The van der Waals surface area contributed by atoms with Gasteiger partial charge < -0.3 is 10.2 Å². The highest BCUT2D eigenvalue weighted by Gasteiger charge is 2.38. The summed E-state index contributed by atoms with van der Waals surface area (Å²) >= 11 is 5.82. The zero-order valence-corrected chi connectivity index (χ0v) is 11.8. The molecule has 0 aromatic heterocycles. The number of piperazine rings is 1. The minimum absolute atomic E-state index is 0.0407. The number of nitrogens with zero attached hydrogens (tertiary/aromatic N) is 1.